The average Bonchev–Trinajstić information content (AvgIpc) is 3.08. The first-order valence-electron chi connectivity index (χ1n) is 9.77. The number of primary amides is 1. The molecule has 8 nitrogen and oxygen atoms in total. The van der Waals surface area contributed by atoms with Crippen LogP contribution in [0.2, 0.25) is 0 Å². The topological polar surface area (TPSA) is 116 Å². The second kappa shape index (κ2) is 7.39. The minimum absolute atomic E-state index is 0.0213. The molecule has 4 rings (SSSR count). The van der Waals surface area contributed by atoms with Crippen molar-refractivity contribution in [1.82, 2.24) is 19.5 Å². The monoisotopic (exact) mass is 417 g/mol. The van der Waals surface area contributed by atoms with Crippen LogP contribution in [0.4, 0.5) is 0 Å². The third-order valence-corrected chi connectivity index (χ3v) is 5.11. The van der Waals surface area contributed by atoms with Crippen molar-refractivity contribution in [2.45, 2.75) is 26.2 Å². The molecule has 0 fully saturated rings. The van der Waals surface area contributed by atoms with Crippen molar-refractivity contribution in [1.29, 1.82) is 0 Å². The van der Waals surface area contributed by atoms with Gasteiger partial charge in [-0.25, -0.2) is 19.3 Å². The van der Waals surface area contributed by atoms with Gasteiger partial charge in [-0.2, -0.15) is 0 Å². The van der Waals surface area contributed by atoms with Crippen LogP contribution in [0.15, 0.2) is 53.3 Å². The Morgan fingerprint density at radius 1 is 1.03 bits per heavy atom. The van der Waals surface area contributed by atoms with Crippen molar-refractivity contribution in [2.75, 3.05) is 7.11 Å². The number of nitrogens with one attached hydrogen (secondary N) is 1. The van der Waals surface area contributed by atoms with E-state index in [0.717, 1.165) is 5.56 Å². The Bertz CT molecular complexity index is 1330. The number of aromatic amines is 1. The average molecular weight is 417 g/mol. The van der Waals surface area contributed by atoms with E-state index < -0.39 is 11.6 Å². The number of imidazole rings is 1. The molecule has 0 atom stereocenters. The fourth-order valence-corrected chi connectivity index (χ4v) is 3.38. The van der Waals surface area contributed by atoms with Gasteiger partial charge in [0.2, 0.25) is 0 Å². The number of carbonyl (C=O) groups excluding carboxylic acids is 1. The zero-order valence-electron chi connectivity index (χ0n) is 17.8. The van der Waals surface area contributed by atoms with Gasteiger partial charge in [-0.3, -0.25) is 4.79 Å². The Morgan fingerprint density at radius 2 is 1.68 bits per heavy atom. The summed E-state index contributed by atoms with van der Waals surface area (Å²) in [5, 5.41) is 0. The van der Waals surface area contributed by atoms with E-state index in [4.69, 9.17) is 10.5 Å². The number of nitrogens with two attached hydrogens (primary N) is 1. The predicted molar refractivity (Wildman–Crippen MR) is 119 cm³/mol. The minimum atomic E-state index is -0.751. The first-order chi connectivity index (χ1) is 14.7. The molecule has 0 aliphatic rings. The van der Waals surface area contributed by atoms with Gasteiger partial charge in [-0.05, 0) is 47.4 Å². The Hall–Kier alpha value is -3.94. The lowest BCUT2D eigenvalue weighted by Gasteiger charge is -2.19. The number of aromatic nitrogens is 4. The van der Waals surface area contributed by atoms with Gasteiger partial charge in [0.1, 0.15) is 11.3 Å². The molecule has 0 saturated heterocycles. The molecule has 4 aromatic rings. The van der Waals surface area contributed by atoms with Gasteiger partial charge in [-0.15, -0.1) is 0 Å². The van der Waals surface area contributed by atoms with E-state index in [0.29, 0.717) is 17.0 Å². The van der Waals surface area contributed by atoms with E-state index in [2.05, 4.69) is 35.7 Å². The van der Waals surface area contributed by atoms with E-state index in [1.165, 1.54) is 4.57 Å². The SMILES string of the molecule is COc1ccc(-c2nc(C(N)=O)c3[nH]c(=O)n(-c4ccc(C(C)(C)C)cc4)c3n2)cc1. The van der Waals surface area contributed by atoms with Crippen LogP contribution >= 0.6 is 0 Å². The molecule has 0 radical (unpaired) electrons. The van der Waals surface area contributed by atoms with E-state index in [1.807, 2.05) is 24.3 Å². The van der Waals surface area contributed by atoms with Crippen LogP contribution in [0.1, 0.15) is 36.8 Å². The summed E-state index contributed by atoms with van der Waals surface area (Å²) in [7, 11) is 1.58. The van der Waals surface area contributed by atoms with E-state index in [-0.39, 0.29) is 28.1 Å². The first kappa shape index (κ1) is 20.3. The summed E-state index contributed by atoms with van der Waals surface area (Å²) in [6, 6.07) is 14.7. The maximum atomic E-state index is 12.8. The minimum Gasteiger partial charge on any atom is -0.497 e. The second-order valence-electron chi connectivity index (χ2n) is 8.25. The van der Waals surface area contributed by atoms with Crippen molar-refractivity contribution in [3.8, 4) is 22.8 Å². The molecule has 158 valence electrons. The molecule has 0 aliphatic heterocycles. The van der Waals surface area contributed by atoms with Crippen molar-refractivity contribution in [2.24, 2.45) is 5.73 Å². The summed E-state index contributed by atoms with van der Waals surface area (Å²) in [4.78, 5) is 36.5. The normalized spacial score (nSPS) is 11.6. The zero-order chi connectivity index (χ0) is 22.3. The number of ether oxygens (including phenoxy) is 1. The van der Waals surface area contributed by atoms with E-state index in [9.17, 15) is 9.59 Å². The van der Waals surface area contributed by atoms with Crippen LogP contribution in [0.5, 0.6) is 5.75 Å². The van der Waals surface area contributed by atoms with Crippen LogP contribution in [-0.4, -0.2) is 32.5 Å². The number of fused-ring (bicyclic) bond motifs is 1. The Labute approximate surface area is 178 Å². The maximum absolute atomic E-state index is 12.8. The highest BCUT2D eigenvalue weighted by Crippen LogP contribution is 2.26. The Morgan fingerprint density at radius 3 is 2.23 bits per heavy atom. The van der Waals surface area contributed by atoms with E-state index in [1.54, 1.807) is 31.4 Å². The molecular weight excluding hydrogens is 394 g/mol. The highest BCUT2D eigenvalue weighted by molar-refractivity contribution is 6.02. The largest absolute Gasteiger partial charge is 0.497 e. The number of hydrogen-bond donors (Lipinski definition) is 2. The third-order valence-electron chi connectivity index (χ3n) is 5.11. The molecule has 2 heterocycles. The van der Waals surface area contributed by atoms with Crippen LogP contribution in [0, 0.1) is 0 Å². The predicted octanol–water partition coefficient (Wildman–Crippen LogP) is 3.18. The smallest absolute Gasteiger partial charge is 0.332 e. The van der Waals surface area contributed by atoms with Crippen molar-refractivity contribution >= 4 is 17.1 Å². The van der Waals surface area contributed by atoms with Crippen LogP contribution in [-0.2, 0) is 5.41 Å². The standard InChI is InChI=1S/C23H23N5O3/c1-23(2,3)14-7-9-15(10-8-14)28-21-18(26-22(28)30)17(19(24)29)25-20(27-21)13-5-11-16(31-4)12-6-13/h5-12H,1-4H3,(H2,24,29)(H,26,30). The fraction of sp³-hybridized carbons (Fsp3) is 0.217. The summed E-state index contributed by atoms with van der Waals surface area (Å²) >= 11 is 0. The number of amides is 1. The van der Waals surface area contributed by atoms with Gasteiger partial charge < -0.3 is 15.5 Å². The lowest BCUT2D eigenvalue weighted by atomic mass is 9.87. The van der Waals surface area contributed by atoms with Crippen molar-refractivity contribution in [3.63, 3.8) is 0 Å². The van der Waals surface area contributed by atoms with Crippen molar-refractivity contribution in [3.05, 3.63) is 70.3 Å². The molecule has 3 N–H and O–H groups in total. The summed E-state index contributed by atoms with van der Waals surface area (Å²) in [5.41, 5.74) is 7.97. The number of benzene rings is 2. The fourth-order valence-electron chi connectivity index (χ4n) is 3.38. The van der Waals surface area contributed by atoms with Gasteiger partial charge in [-0.1, -0.05) is 32.9 Å². The lowest BCUT2D eigenvalue weighted by Crippen LogP contribution is -2.16. The van der Waals surface area contributed by atoms with Gasteiger partial charge in [0.15, 0.2) is 17.2 Å². The van der Waals surface area contributed by atoms with Crippen molar-refractivity contribution < 1.29 is 9.53 Å². The van der Waals surface area contributed by atoms with Crippen LogP contribution in [0.3, 0.4) is 0 Å². The van der Waals surface area contributed by atoms with Gasteiger partial charge >= 0.3 is 5.69 Å². The second-order valence-corrected chi connectivity index (χ2v) is 8.25. The number of hydrogen-bond acceptors (Lipinski definition) is 5. The number of methoxy groups -OCH3 is 1. The van der Waals surface area contributed by atoms with Crippen LogP contribution in [0.25, 0.3) is 28.2 Å². The molecule has 0 unspecified atom stereocenters. The number of H-pyrrole nitrogens is 1. The summed E-state index contributed by atoms with van der Waals surface area (Å²) in [5.74, 6) is 0.208. The number of rotatable bonds is 4. The molecule has 2 aromatic carbocycles. The molecule has 0 bridgehead atoms. The molecular formula is C23H23N5O3. The van der Waals surface area contributed by atoms with Gasteiger partial charge in [0, 0.05) is 5.56 Å². The quantitative estimate of drug-likeness (QED) is 0.529. The molecule has 0 spiro atoms. The lowest BCUT2D eigenvalue weighted by molar-refractivity contribution is 0.0997. The van der Waals surface area contributed by atoms with E-state index >= 15 is 0 Å². The highest BCUT2D eigenvalue weighted by Gasteiger charge is 2.21. The summed E-state index contributed by atoms with van der Waals surface area (Å²) in [6.45, 7) is 6.36. The highest BCUT2D eigenvalue weighted by atomic mass is 16.5. The molecule has 2 aromatic heterocycles. The molecule has 31 heavy (non-hydrogen) atoms. The molecule has 8 heteroatoms. The maximum Gasteiger partial charge on any atom is 0.332 e. The molecule has 1 amide bonds. The van der Waals surface area contributed by atoms with Gasteiger partial charge in [0.25, 0.3) is 5.91 Å². The zero-order valence-corrected chi connectivity index (χ0v) is 17.8. The van der Waals surface area contributed by atoms with Gasteiger partial charge in [0.05, 0.1) is 12.8 Å². The number of nitrogens with zero attached hydrogens (tertiary/aromatic N) is 3. The molecule has 0 saturated carbocycles. The summed E-state index contributed by atoms with van der Waals surface area (Å²) in [6.07, 6.45) is 0. The summed E-state index contributed by atoms with van der Waals surface area (Å²) < 4.78 is 6.61. The molecule has 0 aliphatic carbocycles. The first-order valence-corrected chi connectivity index (χ1v) is 9.77. The van der Waals surface area contributed by atoms with Crippen LogP contribution < -0.4 is 16.2 Å². The Kier molecular flexibility index (Phi) is 4.85. The number of carbonyl (C=O) groups is 1. The Balaban J connectivity index is 1.94. The third kappa shape index (κ3) is 3.68.